The van der Waals surface area contributed by atoms with E-state index in [1.807, 2.05) is 0 Å². The molecule has 0 aromatic heterocycles. The van der Waals surface area contributed by atoms with Crippen molar-refractivity contribution >= 4 is 17.8 Å². The predicted molar refractivity (Wildman–Crippen MR) is 59.0 cm³/mol. The summed E-state index contributed by atoms with van der Waals surface area (Å²) < 4.78 is 4.34. The van der Waals surface area contributed by atoms with Gasteiger partial charge in [-0.1, -0.05) is 6.92 Å². The van der Waals surface area contributed by atoms with E-state index >= 15 is 0 Å². The van der Waals surface area contributed by atoms with Gasteiger partial charge in [-0.2, -0.15) is 0 Å². The fourth-order valence-electron chi connectivity index (χ4n) is 0.992. The molecule has 0 aromatic carbocycles. The quantitative estimate of drug-likeness (QED) is 0.523. The third-order valence-electron chi connectivity index (χ3n) is 2.42. The molecule has 0 saturated heterocycles. The molecule has 0 aromatic rings. The number of carbonyl (C=O) groups is 3. The number of carbonyl (C=O) groups excluding carboxylic acids is 2. The maximum Gasteiger partial charge on any atom is 0.326 e. The fraction of sp³-hybridized carbons (Fsp3) is 0.700. The fourth-order valence-corrected chi connectivity index (χ4v) is 0.992. The molecule has 2 unspecified atom stereocenters. The molecule has 0 saturated carbocycles. The lowest BCUT2D eigenvalue weighted by atomic mass is 10.0. The number of carboxylic acids is 1. The molecule has 0 radical (unpaired) electrons. The van der Waals surface area contributed by atoms with Gasteiger partial charge in [0.2, 0.25) is 5.91 Å². The number of ether oxygens (including phenoxy) is 1. The molecule has 0 rings (SSSR count). The minimum Gasteiger partial charge on any atom is -0.480 e. The molecule has 1 amide bonds. The normalized spacial score (nSPS) is 15.5. The van der Waals surface area contributed by atoms with Crippen molar-refractivity contribution in [1.82, 2.24) is 5.32 Å². The monoisotopic (exact) mass is 246 g/mol. The van der Waals surface area contributed by atoms with Crippen molar-refractivity contribution in [3.05, 3.63) is 0 Å². The van der Waals surface area contributed by atoms with Crippen molar-refractivity contribution < 1.29 is 24.2 Å². The minimum atomic E-state index is -1.30. The molecule has 0 spiro atoms. The summed E-state index contributed by atoms with van der Waals surface area (Å²) in [5.74, 6) is -3.03. The first kappa shape index (κ1) is 15.4. The van der Waals surface area contributed by atoms with Crippen LogP contribution in [0.5, 0.6) is 0 Å². The van der Waals surface area contributed by atoms with Gasteiger partial charge in [0.25, 0.3) is 0 Å². The molecular formula is C10H18N2O5. The molecule has 4 N–H and O–H groups in total. The lowest BCUT2D eigenvalue weighted by Crippen LogP contribution is -2.47. The molecule has 7 nitrogen and oxygen atoms in total. The van der Waals surface area contributed by atoms with E-state index in [0.717, 1.165) is 7.11 Å². The van der Waals surface area contributed by atoms with Crippen molar-refractivity contribution in [3.8, 4) is 0 Å². The van der Waals surface area contributed by atoms with E-state index in [1.165, 1.54) is 0 Å². The number of hydrogen-bond donors (Lipinski definition) is 3. The van der Waals surface area contributed by atoms with Crippen LogP contribution < -0.4 is 11.1 Å². The molecule has 0 aliphatic rings. The molecule has 0 bridgehead atoms. The number of nitrogens with two attached hydrogens (primary N) is 1. The van der Waals surface area contributed by atoms with Crippen LogP contribution in [0.1, 0.15) is 20.3 Å². The Labute approximate surface area is 99.3 Å². The van der Waals surface area contributed by atoms with Crippen molar-refractivity contribution in [2.45, 2.75) is 32.4 Å². The van der Waals surface area contributed by atoms with Gasteiger partial charge >= 0.3 is 11.9 Å². The molecule has 17 heavy (non-hydrogen) atoms. The number of esters is 1. The third kappa shape index (κ3) is 5.30. The van der Waals surface area contributed by atoms with Gasteiger partial charge in [-0.05, 0) is 6.92 Å². The van der Waals surface area contributed by atoms with Crippen LogP contribution in [0.2, 0.25) is 0 Å². The second-order valence-corrected chi connectivity index (χ2v) is 3.83. The summed E-state index contributed by atoms with van der Waals surface area (Å²) >= 11 is 0. The molecule has 7 heteroatoms. The zero-order valence-corrected chi connectivity index (χ0v) is 10.1. The number of amides is 1. The second-order valence-electron chi connectivity index (χ2n) is 3.83. The molecule has 98 valence electrons. The largest absolute Gasteiger partial charge is 0.480 e. The Morgan fingerprint density at radius 1 is 1.35 bits per heavy atom. The van der Waals surface area contributed by atoms with Crippen LogP contribution >= 0.6 is 0 Å². The Hall–Kier alpha value is -1.63. The molecule has 0 aliphatic heterocycles. The zero-order valence-electron chi connectivity index (χ0n) is 10.1. The highest BCUT2D eigenvalue weighted by atomic mass is 16.5. The van der Waals surface area contributed by atoms with Crippen molar-refractivity contribution in [1.29, 1.82) is 0 Å². The minimum absolute atomic E-state index is 0.400. The Morgan fingerprint density at radius 2 is 1.88 bits per heavy atom. The SMILES string of the molecule is COC(=O)C[C@H](NC(=O)C(C)C(C)N)C(=O)O. The smallest absolute Gasteiger partial charge is 0.326 e. The average molecular weight is 246 g/mol. The van der Waals surface area contributed by atoms with Crippen LogP contribution in [0.15, 0.2) is 0 Å². The topological polar surface area (TPSA) is 119 Å². The van der Waals surface area contributed by atoms with E-state index < -0.39 is 42.3 Å². The number of carboxylic acid groups (broad SMARTS) is 1. The Morgan fingerprint density at radius 3 is 2.24 bits per heavy atom. The van der Waals surface area contributed by atoms with Gasteiger partial charge in [0, 0.05) is 12.0 Å². The molecular weight excluding hydrogens is 228 g/mol. The number of rotatable bonds is 6. The van der Waals surface area contributed by atoms with Crippen molar-refractivity contribution in [2.24, 2.45) is 11.7 Å². The first-order valence-electron chi connectivity index (χ1n) is 5.15. The molecule has 0 fully saturated rings. The standard InChI is InChI=1S/C10H18N2O5/c1-5(6(2)11)9(14)12-7(10(15)16)4-8(13)17-3/h5-7H,4,11H2,1-3H3,(H,12,14)(H,15,16)/t5?,6?,7-/m0/s1. The van der Waals surface area contributed by atoms with Crippen LogP contribution in [0.4, 0.5) is 0 Å². The van der Waals surface area contributed by atoms with E-state index in [0.29, 0.717) is 0 Å². The summed E-state index contributed by atoms with van der Waals surface area (Å²) in [6, 6.07) is -1.70. The van der Waals surface area contributed by atoms with Gasteiger partial charge in [0.15, 0.2) is 0 Å². The van der Waals surface area contributed by atoms with Crippen LogP contribution in [0.3, 0.4) is 0 Å². The Bertz CT molecular complexity index is 303. The van der Waals surface area contributed by atoms with E-state index in [4.69, 9.17) is 10.8 Å². The summed E-state index contributed by atoms with van der Waals surface area (Å²) in [6.07, 6.45) is -0.413. The highest BCUT2D eigenvalue weighted by molar-refractivity contribution is 5.88. The highest BCUT2D eigenvalue weighted by Gasteiger charge is 2.26. The Balaban J connectivity index is 4.50. The lowest BCUT2D eigenvalue weighted by molar-refractivity contribution is -0.149. The van der Waals surface area contributed by atoms with E-state index in [-0.39, 0.29) is 0 Å². The van der Waals surface area contributed by atoms with Gasteiger partial charge in [-0.15, -0.1) is 0 Å². The average Bonchev–Trinajstić information content (AvgIpc) is 2.26. The highest BCUT2D eigenvalue weighted by Crippen LogP contribution is 2.02. The maximum absolute atomic E-state index is 11.6. The van der Waals surface area contributed by atoms with E-state index in [1.54, 1.807) is 13.8 Å². The number of hydrogen-bond acceptors (Lipinski definition) is 5. The molecule has 0 heterocycles. The Kier molecular flexibility index (Phi) is 6.19. The number of nitrogens with one attached hydrogen (secondary N) is 1. The summed E-state index contributed by atoms with van der Waals surface area (Å²) in [6.45, 7) is 3.22. The lowest BCUT2D eigenvalue weighted by Gasteiger charge is -2.19. The van der Waals surface area contributed by atoms with Crippen LogP contribution in [0.25, 0.3) is 0 Å². The summed E-state index contributed by atoms with van der Waals surface area (Å²) in [7, 11) is 1.15. The van der Waals surface area contributed by atoms with Crippen LogP contribution in [-0.4, -0.2) is 42.1 Å². The first-order chi connectivity index (χ1) is 7.79. The van der Waals surface area contributed by atoms with E-state index in [9.17, 15) is 14.4 Å². The first-order valence-corrected chi connectivity index (χ1v) is 5.15. The van der Waals surface area contributed by atoms with Crippen molar-refractivity contribution in [3.63, 3.8) is 0 Å². The van der Waals surface area contributed by atoms with Gasteiger partial charge in [-0.3, -0.25) is 9.59 Å². The summed E-state index contributed by atoms with van der Waals surface area (Å²) in [4.78, 5) is 33.3. The maximum atomic E-state index is 11.6. The van der Waals surface area contributed by atoms with Gasteiger partial charge in [0.05, 0.1) is 13.5 Å². The second kappa shape index (κ2) is 6.85. The van der Waals surface area contributed by atoms with Gasteiger partial charge < -0.3 is 20.9 Å². The molecule has 0 aliphatic carbocycles. The van der Waals surface area contributed by atoms with Crippen LogP contribution in [-0.2, 0) is 19.1 Å². The van der Waals surface area contributed by atoms with E-state index in [2.05, 4.69) is 10.1 Å². The van der Waals surface area contributed by atoms with Crippen molar-refractivity contribution in [2.75, 3.05) is 7.11 Å². The zero-order chi connectivity index (χ0) is 13.6. The third-order valence-corrected chi connectivity index (χ3v) is 2.42. The summed E-state index contributed by atoms with van der Waals surface area (Å²) in [5.41, 5.74) is 5.52. The predicted octanol–water partition coefficient (Wildman–Crippen LogP) is -0.898. The number of methoxy groups -OCH3 is 1. The molecule has 3 atom stereocenters. The van der Waals surface area contributed by atoms with Gasteiger partial charge in [0.1, 0.15) is 6.04 Å². The summed E-state index contributed by atoms with van der Waals surface area (Å²) in [5, 5.41) is 11.1. The van der Waals surface area contributed by atoms with Gasteiger partial charge in [-0.25, -0.2) is 4.79 Å². The van der Waals surface area contributed by atoms with Crippen LogP contribution in [0, 0.1) is 5.92 Å². The number of aliphatic carboxylic acids is 1.